The number of aromatic nitrogens is 2. The van der Waals surface area contributed by atoms with Crippen LogP contribution in [0.3, 0.4) is 0 Å². The fraction of sp³-hybridized carbons (Fsp3) is 0.176. The molecule has 1 heterocycles. The van der Waals surface area contributed by atoms with Gasteiger partial charge in [0.1, 0.15) is 0 Å². The smallest absolute Gasteiger partial charge is 0.159 e. The van der Waals surface area contributed by atoms with Crippen molar-refractivity contribution in [2.45, 2.75) is 13.5 Å². The van der Waals surface area contributed by atoms with E-state index in [0.717, 1.165) is 35.4 Å². The molecule has 0 spiro atoms. The molecule has 0 aliphatic carbocycles. The van der Waals surface area contributed by atoms with Crippen LogP contribution in [0.1, 0.15) is 12.5 Å². The Morgan fingerprint density at radius 1 is 1.10 bits per heavy atom. The molecule has 4 heteroatoms. The van der Waals surface area contributed by atoms with Crippen LogP contribution >= 0.6 is 0 Å². The van der Waals surface area contributed by atoms with Crippen LogP contribution in [-0.2, 0) is 6.54 Å². The molecule has 2 N–H and O–H groups in total. The maximum absolute atomic E-state index is 5.86. The van der Waals surface area contributed by atoms with Crippen LogP contribution in [0.5, 0.6) is 0 Å². The van der Waals surface area contributed by atoms with Gasteiger partial charge < -0.3 is 10.6 Å². The lowest BCUT2D eigenvalue weighted by molar-refractivity contribution is 0.803. The highest BCUT2D eigenvalue weighted by Gasteiger charge is 2.11. The zero-order valence-electron chi connectivity index (χ0n) is 12.0. The minimum Gasteiger partial charge on any atom is -0.399 e. The summed E-state index contributed by atoms with van der Waals surface area (Å²) in [6.45, 7) is 3.75. The molecule has 21 heavy (non-hydrogen) atoms. The van der Waals surface area contributed by atoms with Gasteiger partial charge in [0.2, 0.25) is 0 Å². The minimum absolute atomic E-state index is 0.768. The lowest BCUT2D eigenvalue weighted by Crippen LogP contribution is -2.23. The Bertz CT molecular complexity index is 749. The second-order valence-electron chi connectivity index (χ2n) is 5.01. The van der Waals surface area contributed by atoms with Crippen LogP contribution in [0.4, 0.5) is 11.5 Å². The van der Waals surface area contributed by atoms with Gasteiger partial charge in [-0.25, -0.2) is 0 Å². The summed E-state index contributed by atoms with van der Waals surface area (Å²) in [7, 11) is 0. The number of nitrogen functional groups attached to an aromatic ring is 1. The van der Waals surface area contributed by atoms with Crippen molar-refractivity contribution in [3.8, 4) is 0 Å². The van der Waals surface area contributed by atoms with E-state index in [4.69, 9.17) is 5.73 Å². The van der Waals surface area contributed by atoms with Crippen molar-refractivity contribution in [1.82, 2.24) is 10.2 Å². The van der Waals surface area contributed by atoms with Gasteiger partial charge in [-0.1, -0.05) is 36.4 Å². The molecule has 2 aromatic carbocycles. The van der Waals surface area contributed by atoms with Crippen LogP contribution in [-0.4, -0.2) is 16.7 Å². The quantitative estimate of drug-likeness (QED) is 0.744. The van der Waals surface area contributed by atoms with E-state index in [2.05, 4.69) is 40.2 Å². The predicted octanol–water partition coefficient (Wildman–Crippen LogP) is 3.24. The molecule has 0 bridgehead atoms. The molecule has 3 rings (SSSR count). The van der Waals surface area contributed by atoms with Crippen LogP contribution < -0.4 is 10.6 Å². The van der Waals surface area contributed by atoms with Crippen molar-refractivity contribution in [2.24, 2.45) is 0 Å². The number of nitrogens with two attached hydrogens (primary N) is 1. The minimum atomic E-state index is 0.768. The number of rotatable bonds is 4. The van der Waals surface area contributed by atoms with Crippen molar-refractivity contribution in [3.63, 3.8) is 0 Å². The van der Waals surface area contributed by atoms with Gasteiger partial charge in [0.15, 0.2) is 5.82 Å². The van der Waals surface area contributed by atoms with E-state index in [9.17, 15) is 0 Å². The van der Waals surface area contributed by atoms with Crippen molar-refractivity contribution in [2.75, 3.05) is 17.2 Å². The monoisotopic (exact) mass is 278 g/mol. The maximum Gasteiger partial charge on any atom is 0.159 e. The van der Waals surface area contributed by atoms with Crippen molar-refractivity contribution in [3.05, 3.63) is 60.3 Å². The normalized spacial score (nSPS) is 10.7. The van der Waals surface area contributed by atoms with E-state index in [-0.39, 0.29) is 0 Å². The molecule has 0 atom stereocenters. The van der Waals surface area contributed by atoms with Crippen LogP contribution in [0.25, 0.3) is 10.8 Å². The second kappa shape index (κ2) is 5.79. The predicted molar refractivity (Wildman–Crippen MR) is 87.1 cm³/mol. The molecule has 0 aliphatic rings. The highest BCUT2D eigenvalue weighted by Crippen LogP contribution is 2.24. The second-order valence-corrected chi connectivity index (χ2v) is 5.01. The first-order valence-corrected chi connectivity index (χ1v) is 7.07. The van der Waals surface area contributed by atoms with Gasteiger partial charge in [-0.2, -0.15) is 5.10 Å². The Kier molecular flexibility index (Phi) is 3.69. The van der Waals surface area contributed by atoms with Gasteiger partial charge in [-0.3, -0.25) is 0 Å². The van der Waals surface area contributed by atoms with E-state index < -0.39 is 0 Å². The SMILES string of the molecule is CCN(Cc1cccc(N)c1)c1nncc2ccccc12. The molecule has 3 aromatic rings. The number of fused-ring (bicyclic) bond motifs is 1. The molecular formula is C17H18N4. The Hall–Kier alpha value is -2.62. The average Bonchev–Trinajstić information content (AvgIpc) is 2.52. The van der Waals surface area contributed by atoms with Crippen LogP contribution in [0.15, 0.2) is 54.7 Å². The summed E-state index contributed by atoms with van der Waals surface area (Å²) >= 11 is 0. The lowest BCUT2D eigenvalue weighted by Gasteiger charge is -2.23. The van der Waals surface area contributed by atoms with Gasteiger partial charge >= 0.3 is 0 Å². The van der Waals surface area contributed by atoms with E-state index in [0.29, 0.717) is 0 Å². The molecule has 0 amide bonds. The average molecular weight is 278 g/mol. The fourth-order valence-corrected chi connectivity index (χ4v) is 2.49. The van der Waals surface area contributed by atoms with Gasteiger partial charge in [0, 0.05) is 29.5 Å². The van der Waals surface area contributed by atoms with E-state index in [1.807, 2.05) is 30.3 Å². The van der Waals surface area contributed by atoms with Crippen LogP contribution in [0, 0.1) is 0 Å². The van der Waals surface area contributed by atoms with Crippen molar-refractivity contribution < 1.29 is 0 Å². The molecule has 0 saturated heterocycles. The molecule has 0 aliphatic heterocycles. The largest absolute Gasteiger partial charge is 0.399 e. The molecule has 4 nitrogen and oxygen atoms in total. The Balaban J connectivity index is 1.98. The number of benzene rings is 2. The summed E-state index contributed by atoms with van der Waals surface area (Å²) in [4.78, 5) is 2.21. The first-order valence-electron chi connectivity index (χ1n) is 7.07. The zero-order chi connectivity index (χ0) is 14.7. The van der Waals surface area contributed by atoms with Crippen molar-refractivity contribution in [1.29, 1.82) is 0 Å². The van der Waals surface area contributed by atoms with E-state index in [1.54, 1.807) is 6.20 Å². The number of nitrogens with zero attached hydrogens (tertiary/aromatic N) is 3. The molecule has 106 valence electrons. The topological polar surface area (TPSA) is 55.0 Å². The summed E-state index contributed by atoms with van der Waals surface area (Å²) in [6, 6.07) is 16.1. The molecule has 0 radical (unpaired) electrons. The van der Waals surface area contributed by atoms with E-state index in [1.165, 1.54) is 5.56 Å². The van der Waals surface area contributed by atoms with Gasteiger partial charge in [0.25, 0.3) is 0 Å². The van der Waals surface area contributed by atoms with Crippen molar-refractivity contribution >= 4 is 22.3 Å². The number of hydrogen-bond acceptors (Lipinski definition) is 4. The van der Waals surface area contributed by atoms with Gasteiger partial charge in [0.05, 0.1) is 6.20 Å². The van der Waals surface area contributed by atoms with Gasteiger partial charge in [-0.15, -0.1) is 5.10 Å². The standard InChI is InChI=1S/C17H18N4/c1-2-21(12-13-6-5-8-15(18)10-13)17-16-9-4-3-7-14(16)11-19-20-17/h3-11H,2,12,18H2,1H3. The summed E-state index contributed by atoms with van der Waals surface area (Å²) in [5, 5.41) is 10.7. The summed E-state index contributed by atoms with van der Waals surface area (Å²) in [5.74, 6) is 0.915. The summed E-state index contributed by atoms with van der Waals surface area (Å²) < 4.78 is 0. The Morgan fingerprint density at radius 2 is 1.95 bits per heavy atom. The first kappa shape index (κ1) is 13.4. The first-order chi connectivity index (χ1) is 10.3. The maximum atomic E-state index is 5.86. The molecule has 0 saturated carbocycles. The van der Waals surface area contributed by atoms with E-state index >= 15 is 0 Å². The van der Waals surface area contributed by atoms with Gasteiger partial charge in [-0.05, 0) is 24.6 Å². The third-order valence-corrected chi connectivity index (χ3v) is 3.56. The number of anilines is 2. The third kappa shape index (κ3) is 2.79. The highest BCUT2D eigenvalue weighted by atomic mass is 15.3. The lowest BCUT2D eigenvalue weighted by atomic mass is 10.1. The number of hydrogen-bond donors (Lipinski definition) is 1. The molecule has 0 fully saturated rings. The molecule has 0 unspecified atom stereocenters. The Morgan fingerprint density at radius 3 is 2.76 bits per heavy atom. The zero-order valence-corrected chi connectivity index (χ0v) is 12.0. The fourth-order valence-electron chi connectivity index (χ4n) is 2.49. The van der Waals surface area contributed by atoms with Crippen LogP contribution in [0.2, 0.25) is 0 Å². The third-order valence-electron chi connectivity index (χ3n) is 3.56. The summed E-state index contributed by atoms with van der Waals surface area (Å²) in [5.41, 5.74) is 7.82. The summed E-state index contributed by atoms with van der Waals surface area (Å²) in [6.07, 6.45) is 1.80. The molecule has 1 aromatic heterocycles. The highest BCUT2D eigenvalue weighted by molar-refractivity contribution is 5.91. The molecular weight excluding hydrogens is 260 g/mol. The Labute approximate surface area is 124 Å².